The Balaban J connectivity index is -0.000000806. The molecule has 9 heteroatoms. The van der Waals surface area contributed by atoms with Gasteiger partial charge in [0.15, 0.2) is 17.3 Å². The zero-order valence-electron chi connectivity index (χ0n) is 36.4. The van der Waals surface area contributed by atoms with Gasteiger partial charge in [-0.05, 0) is 93.4 Å². The molecule has 0 aliphatic heterocycles. The van der Waals surface area contributed by atoms with Gasteiger partial charge in [-0.15, -0.1) is 0 Å². The van der Waals surface area contributed by atoms with Crippen LogP contribution in [-0.2, 0) is 14.4 Å². The molecule has 0 N–H and O–H groups in total. The number of ether oxygens (including phenoxy) is 4. The molecule has 0 saturated heterocycles. The van der Waals surface area contributed by atoms with Crippen LogP contribution in [0.15, 0.2) is 60.7 Å². The number of benzene rings is 3. The topological polar surface area (TPSA) is 108 Å². The first-order valence-electron chi connectivity index (χ1n) is 18.4. The Bertz CT molecular complexity index is 2060. The summed E-state index contributed by atoms with van der Waals surface area (Å²) in [5.74, 6) is 18.6. The van der Waals surface area contributed by atoms with Crippen LogP contribution in [-0.4, -0.2) is 76.6 Å². The summed E-state index contributed by atoms with van der Waals surface area (Å²) < 4.78 is 21.0. The van der Waals surface area contributed by atoms with Crippen molar-refractivity contribution in [3.05, 3.63) is 82.9 Å². The van der Waals surface area contributed by atoms with E-state index in [0.717, 1.165) is 23.4 Å². The lowest BCUT2D eigenvalue weighted by atomic mass is 9.91. The maximum Gasteiger partial charge on any atom is 0.211 e. The summed E-state index contributed by atoms with van der Waals surface area (Å²) in [7, 11) is 8.66. The van der Waals surface area contributed by atoms with Gasteiger partial charge < -0.3 is 23.8 Å². The van der Waals surface area contributed by atoms with Crippen molar-refractivity contribution in [2.24, 2.45) is 16.2 Å². The molecule has 0 atom stereocenters. The summed E-state index contributed by atoms with van der Waals surface area (Å²) in [6, 6.07) is 17.8. The minimum absolute atomic E-state index is 0. The summed E-state index contributed by atoms with van der Waals surface area (Å²) in [4.78, 5) is 48.9. The molecule has 0 unspecified atom stereocenters. The highest BCUT2D eigenvalue weighted by Gasteiger charge is 2.20. The predicted octanol–water partition coefficient (Wildman–Crippen LogP) is 10.0. The van der Waals surface area contributed by atoms with Gasteiger partial charge in [-0.25, -0.2) is 0 Å². The molecule has 0 spiro atoms. The van der Waals surface area contributed by atoms with Crippen LogP contribution in [0.4, 0.5) is 0 Å². The molecular formula is C51H71NO8. The number of methoxy groups -OCH3 is 3. The molecule has 3 aromatic rings. The summed E-state index contributed by atoms with van der Waals surface area (Å²) in [6.07, 6.45) is 0. The van der Waals surface area contributed by atoms with Crippen LogP contribution in [0.1, 0.15) is 119 Å². The highest BCUT2D eigenvalue weighted by atomic mass is 16.5. The van der Waals surface area contributed by atoms with Gasteiger partial charge in [0, 0.05) is 39.5 Å². The Labute approximate surface area is 362 Å². The van der Waals surface area contributed by atoms with Gasteiger partial charge in [-0.1, -0.05) is 108 Å². The fraction of sp³-hybridized carbons (Fsp3) is 0.451. The fourth-order valence-corrected chi connectivity index (χ4v) is 3.91. The van der Waals surface area contributed by atoms with Crippen LogP contribution in [0.3, 0.4) is 0 Å². The molecule has 0 aliphatic rings. The van der Waals surface area contributed by atoms with Crippen molar-refractivity contribution < 1.29 is 38.1 Å². The quantitative estimate of drug-likeness (QED) is 0.162. The van der Waals surface area contributed by atoms with E-state index in [1.807, 2.05) is 106 Å². The second-order valence-corrected chi connectivity index (χ2v) is 16.2. The third-order valence-corrected chi connectivity index (χ3v) is 7.61. The Morgan fingerprint density at radius 3 is 1.35 bits per heavy atom. The Morgan fingerprint density at radius 2 is 0.967 bits per heavy atom. The van der Waals surface area contributed by atoms with Crippen LogP contribution in [0.25, 0.3) is 0 Å². The molecule has 328 valence electrons. The third kappa shape index (κ3) is 21.8. The number of hydrogen-bond acceptors (Lipinski definition) is 9. The van der Waals surface area contributed by atoms with E-state index in [1.54, 1.807) is 57.7 Å². The van der Waals surface area contributed by atoms with Gasteiger partial charge in [0.25, 0.3) is 0 Å². The number of rotatable bonds is 8. The van der Waals surface area contributed by atoms with Gasteiger partial charge in [0.2, 0.25) is 17.3 Å². The van der Waals surface area contributed by atoms with E-state index in [0.29, 0.717) is 35.0 Å². The molecule has 0 heterocycles. The van der Waals surface area contributed by atoms with Gasteiger partial charge in [-0.2, -0.15) is 0 Å². The Kier molecular flexibility index (Phi) is 26.4. The van der Waals surface area contributed by atoms with Crippen LogP contribution < -0.4 is 18.9 Å². The van der Waals surface area contributed by atoms with Crippen molar-refractivity contribution in [3.63, 3.8) is 0 Å². The largest absolute Gasteiger partial charge is 0.497 e. The van der Waals surface area contributed by atoms with Crippen molar-refractivity contribution in [3.8, 4) is 58.5 Å². The van der Waals surface area contributed by atoms with Gasteiger partial charge in [-0.3, -0.25) is 19.2 Å². The second kappa shape index (κ2) is 27.0. The first-order chi connectivity index (χ1) is 26.4. The van der Waals surface area contributed by atoms with E-state index in [4.69, 9.17) is 18.9 Å². The van der Waals surface area contributed by atoms with Gasteiger partial charge in [0.05, 0.1) is 26.9 Å². The van der Waals surface area contributed by atoms with Gasteiger partial charge in [0.1, 0.15) is 18.1 Å². The third-order valence-electron chi connectivity index (χ3n) is 7.61. The highest BCUT2D eigenvalue weighted by molar-refractivity contribution is 6.01. The first-order valence-corrected chi connectivity index (χ1v) is 18.4. The summed E-state index contributed by atoms with van der Waals surface area (Å²) >= 11 is 0. The molecule has 60 heavy (non-hydrogen) atoms. The SMILES string of the molecule is C.C.C.CC(=O)c1cc(C#CC(=O)C(C)(C)C)ccc1OCCN(C)C.COc1ccc(C#CC(=O)C(C)(C)C)cc1OC.COc1cccc(C#CC(=O)C(C)(C)C)c1. The Morgan fingerprint density at radius 1 is 0.550 bits per heavy atom. The molecule has 3 aromatic carbocycles. The summed E-state index contributed by atoms with van der Waals surface area (Å²) in [5.41, 5.74) is 1.29. The van der Waals surface area contributed by atoms with Crippen LogP contribution in [0.5, 0.6) is 23.0 Å². The van der Waals surface area contributed by atoms with Crippen molar-refractivity contribution in [2.45, 2.75) is 91.5 Å². The lowest BCUT2D eigenvalue weighted by Gasteiger charge is -2.13. The average Bonchev–Trinajstić information content (AvgIpc) is 3.14. The predicted molar refractivity (Wildman–Crippen MR) is 247 cm³/mol. The van der Waals surface area contributed by atoms with Crippen LogP contribution >= 0.6 is 0 Å². The van der Waals surface area contributed by atoms with Crippen LogP contribution in [0, 0.1) is 51.8 Å². The van der Waals surface area contributed by atoms with E-state index in [-0.39, 0.29) is 45.4 Å². The highest BCUT2D eigenvalue weighted by Crippen LogP contribution is 2.27. The molecule has 0 amide bonds. The number of carbonyl (C=O) groups is 4. The molecule has 0 bridgehead atoms. The second-order valence-electron chi connectivity index (χ2n) is 16.2. The standard InChI is InChI=1S/C19H25NO3.C15H18O3.C14H16O2.3CH4/c1-14(21)16-13-15(8-10-18(22)19(2,3)4)7-9-17(16)23-12-11-20(5)6;1-15(2,3)14(16)9-7-11-6-8-12(17-4)13(10-11)18-5;1-14(2,3)13(15)9-8-11-6-5-7-12(10-11)16-4;;;/h7,9,13H,11-12H2,1-6H3;6,8,10H,1-5H3;5-7,10H,1-4H3;3*1H4. The minimum Gasteiger partial charge on any atom is -0.497 e. The molecule has 9 nitrogen and oxygen atoms in total. The number of hydrogen-bond donors (Lipinski definition) is 0. The molecule has 0 aromatic heterocycles. The Hall–Kier alpha value is -5.82. The van der Waals surface area contributed by atoms with Crippen LogP contribution in [0.2, 0.25) is 0 Å². The molecule has 3 rings (SSSR count). The summed E-state index contributed by atoms with van der Waals surface area (Å²) in [6.45, 7) is 19.3. The monoisotopic (exact) mass is 826 g/mol. The molecule has 0 aliphatic carbocycles. The zero-order valence-corrected chi connectivity index (χ0v) is 36.4. The number of carbonyl (C=O) groups excluding carboxylic acids is 4. The average molecular weight is 826 g/mol. The first kappa shape index (κ1) is 58.5. The van der Waals surface area contributed by atoms with E-state index < -0.39 is 16.2 Å². The normalized spacial score (nSPS) is 10.0. The number of ketones is 4. The molecule has 0 fully saturated rings. The number of nitrogens with zero attached hydrogens (tertiary/aromatic N) is 1. The van der Waals surface area contributed by atoms with Crippen molar-refractivity contribution in [1.82, 2.24) is 4.90 Å². The van der Waals surface area contributed by atoms with E-state index >= 15 is 0 Å². The van der Waals surface area contributed by atoms with E-state index in [1.165, 1.54) is 6.92 Å². The maximum atomic E-state index is 11.9. The summed E-state index contributed by atoms with van der Waals surface area (Å²) in [5, 5.41) is 0. The maximum absolute atomic E-state index is 11.9. The lowest BCUT2D eigenvalue weighted by Crippen LogP contribution is -2.20. The zero-order chi connectivity index (χ0) is 43.6. The van der Waals surface area contributed by atoms with E-state index in [9.17, 15) is 19.2 Å². The number of likely N-dealkylation sites (N-methyl/N-ethyl adjacent to an activating group) is 1. The van der Waals surface area contributed by atoms with Crippen molar-refractivity contribution in [2.75, 3.05) is 48.6 Å². The van der Waals surface area contributed by atoms with Gasteiger partial charge >= 0.3 is 0 Å². The molecule has 0 saturated carbocycles. The molecule has 0 radical (unpaired) electrons. The smallest absolute Gasteiger partial charge is 0.211 e. The lowest BCUT2D eigenvalue weighted by molar-refractivity contribution is -0.121. The number of Topliss-reactive ketones (excluding diaryl/α,β-unsaturated/α-hetero) is 4. The van der Waals surface area contributed by atoms with Crippen molar-refractivity contribution in [1.29, 1.82) is 0 Å². The van der Waals surface area contributed by atoms with Crippen molar-refractivity contribution >= 4 is 23.1 Å². The molecular weight excluding hydrogens is 755 g/mol. The van der Waals surface area contributed by atoms with E-state index in [2.05, 4.69) is 35.5 Å². The minimum atomic E-state index is -0.494. The fourth-order valence-electron chi connectivity index (χ4n) is 3.91.